The molecule has 1 aliphatic carbocycles. The van der Waals surface area contributed by atoms with Crippen molar-refractivity contribution in [1.82, 2.24) is 0 Å². The SMILES string of the molecule is C1CC[C@@H](CC2CCC2)OC1. The van der Waals surface area contributed by atoms with Crippen LogP contribution in [0.1, 0.15) is 44.9 Å². The molecule has 2 rings (SSSR count). The van der Waals surface area contributed by atoms with Gasteiger partial charge < -0.3 is 4.74 Å². The van der Waals surface area contributed by atoms with E-state index < -0.39 is 0 Å². The van der Waals surface area contributed by atoms with Crippen LogP contribution in [0.25, 0.3) is 0 Å². The third-order valence-corrected chi connectivity index (χ3v) is 3.09. The quantitative estimate of drug-likeness (QED) is 0.594. The lowest BCUT2D eigenvalue weighted by atomic mass is 9.80. The summed E-state index contributed by atoms with van der Waals surface area (Å²) in [6, 6.07) is 0. The maximum Gasteiger partial charge on any atom is 0.0577 e. The minimum atomic E-state index is 0.633. The van der Waals surface area contributed by atoms with E-state index in [0.29, 0.717) is 6.10 Å². The van der Waals surface area contributed by atoms with E-state index in [1.165, 1.54) is 44.9 Å². The summed E-state index contributed by atoms with van der Waals surface area (Å²) in [6.45, 7) is 1.03. The van der Waals surface area contributed by atoms with Crippen LogP contribution >= 0.6 is 0 Å². The summed E-state index contributed by atoms with van der Waals surface area (Å²) < 4.78 is 5.68. The second kappa shape index (κ2) is 3.57. The zero-order valence-electron chi connectivity index (χ0n) is 7.22. The number of hydrogen-bond donors (Lipinski definition) is 0. The highest BCUT2D eigenvalue weighted by Gasteiger charge is 2.23. The fourth-order valence-corrected chi connectivity index (χ4v) is 2.09. The smallest absolute Gasteiger partial charge is 0.0577 e. The maximum absolute atomic E-state index is 5.68. The van der Waals surface area contributed by atoms with E-state index in [4.69, 9.17) is 4.74 Å². The lowest BCUT2D eigenvalue weighted by molar-refractivity contribution is -0.00598. The van der Waals surface area contributed by atoms with Crippen molar-refractivity contribution in [1.29, 1.82) is 0 Å². The van der Waals surface area contributed by atoms with Crippen molar-refractivity contribution in [3.63, 3.8) is 0 Å². The van der Waals surface area contributed by atoms with Gasteiger partial charge in [0, 0.05) is 6.61 Å². The van der Waals surface area contributed by atoms with E-state index in [1.807, 2.05) is 0 Å². The standard InChI is InChI=1S/C10H18O/c1-2-7-11-10(6-1)8-9-4-3-5-9/h9-10H,1-8H2/t10-/m0/s1. The van der Waals surface area contributed by atoms with E-state index in [2.05, 4.69) is 0 Å². The van der Waals surface area contributed by atoms with Gasteiger partial charge in [0.05, 0.1) is 6.10 Å². The molecule has 1 heteroatoms. The highest BCUT2D eigenvalue weighted by Crippen LogP contribution is 2.33. The molecule has 1 saturated carbocycles. The van der Waals surface area contributed by atoms with Crippen molar-refractivity contribution in [3.05, 3.63) is 0 Å². The molecule has 11 heavy (non-hydrogen) atoms. The summed E-state index contributed by atoms with van der Waals surface area (Å²) in [6.07, 6.45) is 10.4. The highest BCUT2D eigenvalue weighted by atomic mass is 16.5. The van der Waals surface area contributed by atoms with Gasteiger partial charge in [-0.15, -0.1) is 0 Å². The number of ether oxygens (including phenoxy) is 1. The minimum Gasteiger partial charge on any atom is -0.378 e. The minimum absolute atomic E-state index is 0.633. The number of rotatable bonds is 2. The molecular weight excluding hydrogens is 136 g/mol. The van der Waals surface area contributed by atoms with Crippen molar-refractivity contribution < 1.29 is 4.74 Å². The molecule has 0 unspecified atom stereocenters. The average molecular weight is 154 g/mol. The van der Waals surface area contributed by atoms with Gasteiger partial charge in [-0.1, -0.05) is 19.3 Å². The lowest BCUT2D eigenvalue weighted by Crippen LogP contribution is -2.25. The van der Waals surface area contributed by atoms with Crippen LogP contribution in [-0.2, 0) is 4.74 Å². The van der Waals surface area contributed by atoms with E-state index in [-0.39, 0.29) is 0 Å². The Kier molecular flexibility index (Phi) is 2.47. The summed E-state index contributed by atoms with van der Waals surface area (Å²) in [5.41, 5.74) is 0. The van der Waals surface area contributed by atoms with Crippen LogP contribution < -0.4 is 0 Å². The first-order valence-corrected chi connectivity index (χ1v) is 5.07. The third-order valence-electron chi connectivity index (χ3n) is 3.09. The van der Waals surface area contributed by atoms with Gasteiger partial charge in [-0.2, -0.15) is 0 Å². The van der Waals surface area contributed by atoms with Crippen LogP contribution in [-0.4, -0.2) is 12.7 Å². The van der Waals surface area contributed by atoms with Crippen LogP contribution in [0, 0.1) is 5.92 Å². The monoisotopic (exact) mass is 154 g/mol. The Balaban J connectivity index is 1.67. The van der Waals surface area contributed by atoms with E-state index in [9.17, 15) is 0 Å². The second-order valence-corrected chi connectivity index (χ2v) is 4.02. The van der Waals surface area contributed by atoms with Gasteiger partial charge in [-0.3, -0.25) is 0 Å². The van der Waals surface area contributed by atoms with Gasteiger partial charge in [0.2, 0.25) is 0 Å². The molecule has 0 aromatic heterocycles. The Morgan fingerprint density at radius 3 is 2.45 bits per heavy atom. The van der Waals surface area contributed by atoms with E-state index in [0.717, 1.165) is 12.5 Å². The first kappa shape index (κ1) is 7.60. The predicted molar refractivity (Wildman–Crippen MR) is 45.5 cm³/mol. The molecular formula is C10H18O. The van der Waals surface area contributed by atoms with Crippen LogP contribution in [0.3, 0.4) is 0 Å². The molecule has 2 fully saturated rings. The second-order valence-electron chi connectivity index (χ2n) is 4.02. The van der Waals surface area contributed by atoms with Gasteiger partial charge in [-0.05, 0) is 31.6 Å². The highest BCUT2D eigenvalue weighted by molar-refractivity contribution is 4.75. The van der Waals surface area contributed by atoms with Crippen LogP contribution in [0.2, 0.25) is 0 Å². The third kappa shape index (κ3) is 1.96. The molecule has 0 bridgehead atoms. The molecule has 1 atom stereocenters. The Bertz CT molecular complexity index is 112. The Morgan fingerprint density at radius 2 is 1.91 bits per heavy atom. The zero-order valence-corrected chi connectivity index (χ0v) is 7.22. The van der Waals surface area contributed by atoms with Gasteiger partial charge in [-0.25, -0.2) is 0 Å². The molecule has 1 saturated heterocycles. The molecule has 0 radical (unpaired) electrons. The molecule has 64 valence electrons. The van der Waals surface area contributed by atoms with Crippen molar-refractivity contribution in [2.24, 2.45) is 5.92 Å². The van der Waals surface area contributed by atoms with Gasteiger partial charge in [0.25, 0.3) is 0 Å². The predicted octanol–water partition coefficient (Wildman–Crippen LogP) is 2.75. The van der Waals surface area contributed by atoms with E-state index >= 15 is 0 Å². The molecule has 0 N–H and O–H groups in total. The molecule has 1 aliphatic heterocycles. The summed E-state index contributed by atoms with van der Waals surface area (Å²) in [4.78, 5) is 0. The summed E-state index contributed by atoms with van der Waals surface area (Å²) in [7, 11) is 0. The molecule has 0 spiro atoms. The summed E-state index contributed by atoms with van der Waals surface area (Å²) >= 11 is 0. The van der Waals surface area contributed by atoms with Gasteiger partial charge in [0.1, 0.15) is 0 Å². The molecule has 0 aromatic rings. The number of hydrogen-bond acceptors (Lipinski definition) is 1. The summed E-state index contributed by atoms with van der Waals surface area (Å²) in [5.74, 6) is 1.03. The first-order valence-electron chi connectivity index (χ1n) is 5.07. The van der Waals surface area contributed by atoms with Gasteiger partial charge >= 0.3 is 0 Å². The van der Waals surface area contributed by atoms with E-state index in [1.54, 1.807) is 0 Å². The molecule has 1 heterocycles. The molecule has 1 nitrogen and oxygen atoms in total. The summed E-state index contributed by atoms with van der Waals surface area (Å²) in [5, 5.41) is 0. The van der Waals surface area contributed by atoms with Crippen LogP contribution in [0.15, 0.2) is 0 Å². The Labute approximate surface area is 69.1 Å². The zero-order chi connectivity index (χ0) is 7.52. The van der Waals surface area contributed by atoms with Crippen molar-refractivity contribution in [3.8, 4) is 0 Å². The largest absolute Gasteiger partial charge is 0.378 e. The van der Waals surface area contributed by atoms with Crippen LogP contribution in [0.5, 0.6) is 0 Å². The molecule has 0 amide bonds. The maximum atomic E-state index is 5.68. The molecule has 2 aliphatic rings. The van der Waals surface area contributed by atoms with Gasteiger partial charge in [0.15, 0.2) is 0 Å². The topological polar surface area (TPSA) is 9.23 Å². The first-order chi connectivity index (χ1) is 5.45. The lowest BCUT2D eigenvalue weighted by Gasteiger charge is -2.31. The van der Waals surface area contributed by atoms with Crippen molar-refractivity contribution >= 4 is 0 Å². The van der Waals surface area contributed by atoms with Crippen molar-refractivity contribution in [2.45, 2.75) is 51.0 Å². The Morgan fingerprint density at radius 1 is 1.00 bits per heavy atom. The van der Waals surface area contributed by atoms with Crippen molar-refractivity contribution in [2.75, 3.05) is 6.61 Å². The molecule has 0 aromatic carbocycles. The Hall–Kier alpha value is -0.0400. The van der Waals surface area contributed by atoms with Crippen LogP contribution in [0.4, 0.5) is 0 Å². The fourth-order valence-electron chi connectivity index (χ4n) is 2.09. The normalized spacial score (nSPS) is 33.3. The average Bonchev–Trinajstić information content (AvgIpc) is 1.99. The fraction of sp³-hybridized carbons (Fsp3) is 1.00.